The van der Waals surface area contributed by atoms with E-state index in [0.29, 0.717) is 27.9 Å². The molecule has 10 heteroatoms. The van der Waals surface area contributed by atoms with E-state index in [2.05, 4.69) is 18.5 Å². The fraction of sp³-hybridized carbons (Fsp3) is 0.316. The minimum Gasteiger partial charge on any atom is -0.481 e. The predicted molar refractivity (Wildman–Crippen MR) is 177 cm³/mol. The van der Waals surface area contributed by atoms with Crippen LogP contribution in [-0.2, 0) is 54.7 Å². The topological polar surface area (TPSA) is 137 Å². The van der Waals surface area contributed by atoms with Crippen molar-refractivity contribution in [1.29, 1.82) is 0 Å². The van der Waals surface area contributed by atoms with Crippen LogP contribution in [-0.4, -0.2) is 55.3 Å². The van der Waals surface area contributed by atoms with Gasteiger partial charge in [-0.2, -0.15) is 0 Å². The average molecular weight is 654 g/mol. The molecule has 3 aliphatic rings. The van der Waals surface area contributed by atoms with E-state index in [1.165, 1.54) is 0 Å². The number of ether oxygens (including phenoxy) is 4. The Morgan fingerprint density at radius 1 is 0.729 bits per heavy atom. The summed E-state index contributed by atoms with van der Waals surface area (Å²) in [5.74, 6) is -6.11. The number of carbonyl (C=O) groups is 4. The summed E-state index contributed by atoms with van der Waals surface area (Å²) in [6, 6.07) is 21.6. The normalized spacial score (nSPS) is 22.1. The molecule has 4 unspecified atom stereocenters. The molecule has 48 heavy (non-hydrogen) atoms. The average Bonchev–Trinajstić information content (AvgIpc) is 3.08. The summed E-state index contributed by atoms with van der Waals surface area (Å²) in [5.41, 5.74) is -0.252. The number of carbonyl (C=O) groups excluding carboxylic acids is 3. The Kier molecular flexibility index (Phi) is 9.70. The summed E-state index contributed by atoms with van der Waals surface area (Å²) in [7, 11) is 0. The lowest BCUT2D eigenvalue weighted by molar-refractivity contribution is -0.200. The molecular formula is C38H39NO9. The number of aliphatic carboxylic acids is 1. The molecular weight excluding hydrogens is 614 g/mol. The molecule has 3 aromatic rings. The van der Waals surface area contributed by atoms with Crippen molar-refractivity contribution >= 4 is 29.5 Å². The molecule has 6 rings (SSSR count). The lowest BCUT2D eigenvalue weighted by Gasteiger charge is -2.60. The lowest BCUT2D eigenvalue weighted by atomic mass is 9.48. The number of anilines is 1. The van der Waals surface area contributed by atoms with Crippen LogP contribution in [0.25, 0.3) is 0 Å². The van der Waals surface area contributed by atoms with E-state index in [0.717, 1.165) is 17.7 Å². The minimum atomic E-state index is -1.71. The zero-order chi connectivity index (χ0) is 34.7. The Bertz CT molecular complexity index is 1740. The molecule has 0 aromatic heterocycles. The van der Waals surface area contributed by atoms with E-state index in [1.807, 2.05) is 39.0 Å². The second-order valence-electron chi connectivity index (χ2n) is 12.6. The Labute approximate surface area is 279 Å². The van der Waals surface area contributed by atoms with Crippen molar-refractivity contribution in [3.8, 4) is 0 Å². The zero-order valence-electron chi connectivity index (χ0n) is 27.2. The van der Waals surface area contributed by atoms with Crippen LogP contribution in [0.5, 0.6) is 0 Å². The van der Waals surface area contributed by atoms with Crippen LogP contribution in [0.3, 0.4) is 0 Å². The minimum absolute atomic E-state index is 0.165. The molecule has 0 aliphatic heterocycles. The van der Waals surface area contributed by atoms with E-state index in [-0.39, 0.29) is 31.8 Å². The third-order valence-electron chi connectivity index (χ3n) is 8.86. The van der Waals surface area contributed by atoms with Gasteiger partial charge in [0, 0.05) is 17.8 Å². The Morgan fingerprint density at radius 3 is 1.73 bits per heavy atom. The van der Waals surface area contributed by atoms with E-state index in [1.54, 1.807) is 54.6 Å². The maximum Gasteiger partial charge on any atom is 0.330 e. The number of carboxylic acid groups (broad SMARTS) is 1. The molecule has 250 valence electrons. The van der Waals surface area contributed by atoms with Crippen LogP contribution in [0.15, 0.2) is 98.1 Å². The molecule has 0 fully saturated rings. The SMILES string of the molecule is C=CC(=O)OCCOC12c3ccccc3C(OCCOC(=O)C=C)(c3ccc(C(C)(C)C)cc31)C(C(=O)Nc1ccccc1)C2C(=O)O. The Hall–Kier alpha value is -5.06. The molecule has 2 bridgehead atoms. The lowest BCUT2D eigenvalue weighted by Crippen LogP contribution is -2.67. The molecule has 0 spiro atoms. The van der Waals surface area contributed by atoms with Gasteiger partial charge in [0.05, 0.1) is 19.1 Å². The molecule has 2 N–H and O–H groups in total. The standard InChI is InChI=1S/C38H39NO9/c1-6-30(40)45-19-21-47-37-26-15-11-12-16-27(26)38(48-22-20-46-31(41)7-2,29-23-24(36(3,4)5)17-18-28(29)37)33(35(43)44)32(37)34(42)39-25-13-9-8-10-14-25/h6-18,23,32-33H,1-2,19-22H2,3-5H3,(H,39,42)(H,43,44). The number of hydrogen-bond donors (Lipinski definition) is 2. The van der Waals surface area contributed by atoms with E-state index >= 15 is 0 Å². The van der Waals surface area contributed by atoms with Gasteiger partial charge in [0.2, 0.25) is 5.91 Å². The summed E-state index contributed by atoms with van der Waals surface area (Å²) in [4.78, 5) is 52.1. The van der Waals surface area contributed by atoms with Crippen molar-refractivity contribution in [2.75, 3.05) is 31.7 Å². The highest BCUT2D eigenvalue weighted by molar-refractivity contribution is 5.99. The van der Waals surface area contributed by atoms with Gasteiger partial charge in [-0.3, -0.25) is 9.59 Å². The largest absolute Gasteiger partial charge is 0.481 e. The first-order valence-electron chi connectivity index (χ1n) is 15.6. The molecule has 1 amide bonds. The van der Waals surface area contributed by atoms with Gasteiger partial charge in [-0.15, -0.1) is 0 Å². The number of fused-ring (bicyclic) bond motifs is 1. The summed E-state index contributed by atoms with van der Waals surface area (Å²) in [6.07, 6.45) is 2.06. The molecule has 0 heterocycles. The van der Waals surface area contributed by atoms with Gasteiger partial charge in [-0.05, 0) is 45.4 Å². The molecule has 0 radical (unpaired) electrons. The molecule has 10 nitrogen and oxygen atoms in total. The van der Waals surface area contributed by atoms with Crippen molar-refractivity contribution in [1.82, 2.24) is 0 Å². The maximum absolute atomic E-state index is 14.6. The molecule has 4 atom stereocenters. The van der Waals surface area contributed by atoms with Crippen LogP contribution >= 0.6 is 0 Å². The highest BCUT2D eigenvalue weighted by Gasteiger charge is 2.71. The third kappa shape index (κ3) is 5.93. The second-order valence-corrected chi connectivity index (χ2v) is 12.6. The first-order chi connectivity index (χ1) is 22.9. The number of para-hydroxylation sites is 1. The van der Waals surface area contributed by atoms with Gasteiger partial charge < -0.3 is 29.4 Å². The van der Waals surface area contributed by atoms with E-state index < -0.39 is 46.9 Å². The van der Waals surface area contributed by atoms with Crippen molar-refractivity contribution in [3.63, 3.8) is 0 Å². The number of carboxylic acids is 1. The van der Waals surface area contributed by atoms with Gasteiger partial charge in [-0.1, -0.05) is 94.6 Å². The smallest absolute Gasteiger partial charge is 0.330 e. The van der Waals surface area contributed by atoms with Crippen LogP contribution in [0.4, 0.5) is 5.69 Å². The van der Waals surface area contributed by atoms with Gasteiger partial charge in [-0.25, -0.2) is 9.59 Å². The third-order valence-corrected chi connectivity index (χ3v) is 8.86. The van der Waals surface area contributed by atoms with Crippen LogP contribution < -0.4 is 5.32 Å². The number of esters is 2. The molecule has 0 saturated heterocycles. The Balaban J connectivity index is 1.79. The number of rotatable bonds is 13. The summed E-state index contributed by atoms with van der Waals surface area (Å²) in [6.45, 7) is 12.3. The second kappa shape index (κ2) is 13.6. The number of benzene rings is 3. The van der Waals surface area contributed by atoms with Crippen molar-refractivity contribution in [2.45, 2.75) is 37.4 Å². The summed E-state index contributed by atoms with van der Waals surface area (Å²) in [5, 5.41) is 14.1. The predicted octanol–water partition coefficient (Wildman–Crippen LogP) is 5.25. The van der Waals surface area contributed by atoms with Crippen LogP contribution in [0.2, 0.25) is 0 Å². The van der Waals surface area contributed by atoms with Gasteiger partial charge in [0.25, 0.3) is 0 Å². The first kappa shape index (κ1) is 34.3. The monoisotopic (exact) mass is 653 g/mol. The van der Waals surface area contributed by atoms with Crippen molar-refractivity contribution in [3.05, 3.63) is 126 Å². The fourth-order valence-corrected chi connectivity index (χ4v) is 6.89. The first-order valence-corrected chi connectivity index (χ1v) is 15.6. The van der Waals surface area contributed by atoms with Gasteiger partial charge in [0.1, 0.15) is 30.3 Å². The fourth-order valence-electron chi connectivity index (χ4n) is 6.89. The highest BCUT2D eigenvalue weighted by Crippen LogP contribution is 2.65. The number of hydrogen-bond acceptors (Lipinski definition) is 8. The molecule has 3 aliphatic carbocycles. The zero-order valence-corrected chi connectivity index (χ0v) is 27.2. The summed E-state index contributed by atoms with van der Waals surface area (Å²) >= 11 is 0. The number of amides is 1. The number of nitrogens with one attached hydrogen (secondary N) is 1. The van der Waals surface area contributed by atoms with Gasteiger partial charge >= 0.3 is 17.9 Å². The quantitative estimate of drug-likeness (QED) is 0.144. The van der Waals surface area contributed by atoms with E-state index in [4.69, 9.17) is 18.9 Å². The van der Waals surface area contributed by atoms with E-state index in [9.17, 15) is 24.3 Å². The Morgan fingerprint density at radius 2 is 1.23 bits per heavy atom. The highest BCUT2D eigenvalue weighted by atomic mass is 16.6. The van der Waals surface area contributed by atoms with Gasteiger partial charge in [0.15, 0.2) is 0 Å². The maximum atomic E-state index is 14.6. The van der Waals surface area contributed by atoms with Crippen LogP contribution in [0, 0.1) is 11.8 Å². The molecule has 3 aromatic carbocycles. The summed E-state index contributed by atoms with van der Waals surface area (Å²) < 4.78 is 23.9. The van der Waals surface area contributed by atoms with Crippen molar-refractivity contribution in [2.24, 2.45) is 11.8 Å². The van der Waals surface area contributed by atoms with Crippen LogP contribution in [0.1, 0.15) is 48.6 Å². The molecule has 0 saturated carbocycles. The van der Waals surface area contributed by atoms with Crippen molar-refractivity contribution < 1.29 is 43.2 Å².